The fraction of sp³-hybridized carbons (Fsp3) is 0.214. The molecule has 1 aromatic carbocycles. The molecular formula is C14H12Br2N2. The summed E-state index contributed by atoms with van der Waals surface area (Å²) in [6.07, 6.45) is 0. The summed E-state index contributed by atoms with van der Waals surface area (Å²) >= 11 is 7.20. The van der Waals surface area contributed by atoms with E-state index in [-0.39, 0.29) is 0 Å². The lowest BCUT2D eigenvalue weighted by atomic mass is 10.1. The summed E-state index contributed by atoms with van der Waals surface area (Å²) in [5, 5.41) is 0. The first-order valence-electron chi connectivity index (χ1n) is 5.73. The molecule has 0 saturated heterocycles. The number of nitrogens with zero attached hydrogens (tertiary/aromatic N) is 2. The molecule has 2 heterocycles. The third-order valence-corrected chi connectivity index (χ3v) is 5.31. The lowest BCUT2D eigenvalue weighted by Gasteiger charge is -2.09. The topological polar surface area (TPSA) is 17.3 Å². The highest BCUT2D eigenvalue weighted by Crippen LogP contribution is 2.32. The van der Waals surface area contributed by atoms with Crippen molar-refractivity contribution < 1.29 is 0 Å². The number of aryl methyl sites for hydroxylation is 3. The van der Waals surface area contributed by atoms with Crippen LogP contribution in [0.4, 0.5) is 0 Å². The molecule has 0 saturated carbocycles. The fourth-order valence-corrected chi connectivity index (χ4v) is 3.14. The van der Waals surface area contributed by atoms with Gasteiger partial charge in [-0.2, -0.15) is 0 Å². The molecule has 3 rings (SSSR count). The van der Waals surface area contributed by atoms with E-state index in [2.05, 4.69) is 68.3 Å². The van der Waals surface area contributed by atoms with Crippen molar-refractivity contribution in [3.63, 3.8) is 0 Å². The maximum Gasteiger partial charge on any atom is 0.104 e. The van der Waals surface area contributed by atoms with Crippen molar-refractivity contribution in [2.24, 2.45) is 0 Å². The molecule has 18 heavy (non-hydrogen) atoms. The predicted octanol–water partition coefficient (Wildman–Crippen LogP) is 4.94. The second kappa shape index (κ2) is 4.07. The monoisotopic (exact) mass is 366 g/mol. The standard InChI is InChI=1S/C14H12Br2N2/c1-7-4-11-13(5-8(7)2)18-12(9(3)17-11)6-10(15)14(18)16/h4-6H,1-3H3. The molecule has 0 aliphatic heterocycles. The summed E-state index contributed by atoms with van der Waals surface area (Å²) < 4.78 is 4.29. The average molecular weight is 368 g/mol. The van der Waals surface area contributed by atoms with Crippen LogP contribution in [0.5, 0.6) is 0 Å². The summed E-state index contributed by atoms with van der Waals surface area (Å²) in [4.78, 5) is 4.70. The zero-order valence-corrected chi connectivity index (χ0v) is 13.6. The van der Waals surface area contributed by atoms with Gasteiger partial charge >= 0.3 is 0 Å². The Balaban J connectivity index is 2.62. The van der Waals surface area contributed by atoms with Gasteiger partial charge in [0.15, 0.2) is 0 Å². The third-order valence-electron chi connectivity index (χ3n) is 3.39. The minimum absolute atomic E-state index is 1.03. The minimum atomic E-state index is 1.03. The van der Waals surface area contributed by atoms with Crippen LogP contribution in [0.15, 0.2) is 27.3 Å². The van der Waals surface area contributed by atoms with E-state index in [0.29, 0.717) is 0 Å². The molecule has 0 N–H and O–H groups in total. The van der Waals surface area contributed by atoms with Gasteiger partial charge in [-0.1, -0.05) is 0 Å². The molecule has 3 aromatic rings. The van der Waals surface area contributed by atoms with Crippen molar-refractivity contribution in [1.29, 1.82) is 0 Å². The zero-order valence-electron chi connectivity index (χ0n) is 10.4. The summed E-state index contributed by atoms with van der Waals surface area (Å²) in [7, 11) is 0. The van der Waals surface area contributed by atoms with E-state index < -0.39 is 0 Å². The third kappa shape index (κ3) is 1.62. The zero-order chi connectivity index (χ0) is 13.0. The van der Waals surface area contributed by atoms with E-state index in [0.717, 1.165) is 31.3 Å². The number of aromatic nitrogens is 2. The van der Waals surface area contributed by atoms with Crippen LogP contribution in [0.1, 0.15) is 16.8 Å². The van der Waals surface area contributed by atoms with Crippen LogP contribution in [0.25, 0.3) is 16.6 Å². The molecule has 0 aliphatic rings. The van der Waals surface area contributed by atoms with E-state index in [1.807, 2.05) is 6.92 Å². The van der Waals surface area contributed by atoms with Gasteiger partial charge in [0, 0.05) is 0 Å². The van der Waals surface area contributed by atoms with E-state index in [1.165, 1.54) is 11.1 Å². The van der Waals surface area contributed by atoms with Crippen molar-refractivity contribution in [3.05, 3.63) is 44.1 Å². The van der Waals surface area contributed by atoms with Crippen LogP contribution in [0, 0.1) is 20.8 Å². The van der Waals surface area contributed by atoms with Gasteiger partial charge in [0.25, 0.3) is 0 Å². The van der Waals surface area contributed by atoms with Gasteiger partial charge in [-0.05, 0) is 82.0 Å². The fourth-order valence-electron chi connectivity index (χ4n) is 2.25. The Bertz CT molecular complexity index is 788. The number of hydrogen-bond donors (Lipinski definition) is 0. The summed E-state index contributed by atoms with van der Waals surface area (Å²) in [6.45, 7) is 6.30. The van der Waals surface area contributed by atoms with Gasteiger partial charge < -0.3 is 0 Å². The maximum absolute atomic E-state index is 4.70. The maximum atomic E-state index is 4.70. The van der Waals surface area contributed by atoms with E-state index in [9.17, 15) is 0 Å². The average Bonchev–Trinajstić information content (AvgIpc) is 2.60. The van der Waals surface area contributed by atoms with E-state index in [1.54, 1.807) is 0 Å². The summed E-state index contributed by atoms with van der Waals surface area (Å²) in [5.41, 5.74) is 6.90. The molecule has 0 spiro atoms. The van der Waals surface area contributed by atoms with Crippen LogP contribution in [-0.4, -0.2) is 9.38 Å². The predicted molar refractivity (Wildman–Crippen MR) is 82.3 cm³/mol. The van der Waals surface area contributed by atoms with Crippen LogP contribution in [-0.2, 0) is 0 Å². The summed E-state index contributed by atoms with van der Waals surface area (Å²) in [5.74, 6) is 0. The Kier molecular flexibility index (Phi) is 2.75. The van der Waals surface area contributed by atoms with Gasteiger partial charge in [0.05, 0.1) is 26.7 Å². The second-order valence-corrected chi connectivity index (χ2v) is 6.23. The van der Waals surface area contributed by atoms with Crippen molar-refractivity contribution >= 4 is 48.4 Å². The quantitative estimate of drug-likeness (QED) is 0.550. The number of hydrogen-bond acceptors (Lipinski definition) is 1. The lowest BCUT2D eigenvalue weighted by molar-refractivity contribution is 1.14. The number of halogens is 2. The largest absolute Gasteiger partial charge is 0.299 e. The Morgan fingerprint density at radius 2 is 1.61 bits per heavy atom. The van der Waals surface area contributed by atoms with Crippen LogP contribution >= 0.6 is 31.9 Å². The highest BCUT2D eigenvalue weighted by molar-refractivity contribution is 9.13. The van der Waals surface area contributed by atoms with Crippen molar-refractivity contribution in [1.82, 2.24) is 9.38 Å². The first-order valence-corrected chi connectivity index (χ1v) is 7.31. The Morgan fingerprint density at radius 1 is 0.944 bits per heavy atom. The minimum Gasteiger partial charge on any atom is -0.299 e. The van der Waals surface area contributed by atoms with Gasteiger partial charge in [0.2, 0.25) is 0 Å². The van der Waals surface area contributed by atoms with Gasteiger partial charge in [-0.15, -0.1) is 0 Å². The SMILES string of the molecule is Cc1cc2nc(C)c3cc(Br)c(Br)n3c2cc1C. The Hall–Kier alpha value is -0.870. The molecule has 0 unspecified atom stereocenters. The first-order chi connectivity index (χ1) is 8.49. The van der Waals surface area contributed by atoms with Gasteiger partial charge in [-0.25, -0.2) is 4.98 Å². The van der Waals surface area contributed by atoms with Crippen molar-refractivity contribution in [2.75, 3.05) is 0 Å². The van der Waals surface area contributed by atoms with E-state index >= 15 is 0 Å². The molecule has 0 fully saturated rings. The molecular weight excluding hydrogens is 356 g/mol. The summed E-state index contributed by atoms with van der Waals surface area (Å²) in [6, 6.07) is 6.44. The highest BCUT2D eigenvalue weighted by Gasteiger charge is 2.12. The highest BCUT2D eigenvalue weighted by atomic mass is 79.9. The molecule has 0 amide bonds. The second-order valence-electron chi connectivity index (χ2n) is 4.63. The molecule has 0 radical (unpaired) electrons. The number of fused-ring (bicyclic) bond motifs is 3. The molecule has 0 bridgehead atoms. The molecule has 2 aromatic heterocycles. The molecule has 2 nitrogen and oxygen atoms in total. The first kappa shape index (κ1) is 12.2. The van der Waals surface area contributed by atoms with E-state index in [4.69, 9.17) is 4.98 Å². The smallest absolute Gasteiger partial charge is 0.104 e. The molecule has 0 aliphatic carbocycles. The van der Waals surface area contributed by atoms with Crippen LogP contribution in [0.3, 0.4) is 0 Å². The van der Waals surface area contributed by atoms with Crippen LogP contribution < -0.4 is 0 Å². The Morgan fingerprint density at radius 3 is 2.33 bits per heavy atom. The van der Waals surface area contributed by atoms with Crippen molar-refractivity contribution in [3.8, 4) is 0 Å². The molecule has 4 heteroatoms. The number of rotatable bonds is 0. The molecule has 0 atom stereocenters. The Labute approximate surface area is 122 Å². The normalized spacial score (nSPS) is 11.6. The lowest BCUT2D eigenvalue weighted by Crippen LogP contribution is -1.96. The van der Waals surface area contributed by atoms with Gasteiger partial charge in [-0.3, -0.25) is 4.40 Å². The van der Waals surface area contributed by atoms with Crippen LogP contribution in [0.2, 0.25) is 0 Å². The number of benzene rings is 1. The molecule has 92 valence electrons. The van der Waals surface area contributed by atoms with Gasteiger partial charge in [0.1, 0.15) is 4.60 Å². The van der Waals surface area contributed by atoms with Crippen molar-refractivity contribution in [2.45, 2.75) is 20.8 Å².